The molecule has 0 saturated heterocycles. The number of nitro benzene ring substituents is 1. The van der Waals surface area contributed by atoms with Crippen molar-refractivity contribution >= 4 is 60.7 Å². The van der Waals surface area contributed by atoms with Gasteiger partial charge in [0.1, 0.15) is 12.4 Å². The first kappa shape index (κ1) is 26.6. The van der Waals surface area contributed by atoms with Crippen molar-refractivity contribution in [1.82, 2.24) is 4.57 Å². The van der Waals surface area contributed by atoms with Gasteiger partial charge in [0.25, 0.3) is 11.2 Å². The van der Waals surface area contributed by atoms with Gasteiger partial charge < -0.3 is 4.74 Å². The van der Waals surface area contributed by atoms with Crippen LogP contribution in [0.5, 0.6) is 5.75 Å². The van der Waals surface area contributed by atoms with Crippen molar-refractivity contribution in [2.24, 2.45) is 4.99 Å². The molecule has 1 aromatic heterocycles. The molecular weight excluding hydrogens is 658 g/mol. The highest BCUT2D eigenvalue weighted by atomic mass is 79.9. The van der Waals surface area contributed by atoms with Gasteiger partial charge >= 0.3 is 0 Å². The normalized spacial score (nSPS) is 16.1. The van der Waals surface area contributed by atoms with Crippen LogP contribution in [0.3, 0.4) is 0 Å². The van der Waals surface area contributed by atoms with Crippen LogP contribution in [0.1, 0.15) is 34.7 Å². The number of rotatable bonds is 6. The number of nitro groups is 1. The third-order valence-corrected chi connectivity index (χ3v) is 9.09. The van der Waals surface area contributed by atoms with E-state index in [9.17, 15) is 14.9 Å². The van der Waals surface area contributed by atoms with E-state index in [-0.39, 0.29) is 11.2 Å². The zero-order valence-corrected chi connectivity index (χ0v) is 25.0. The number of nitrogens with zero attached hydrogens (tertiary/aromatic N) is 3. The second-order valence-electron chi connectivity index (χ2n) is 9.38. The summed E-state index contributed by atoms with van der Waals surface area (Å²) in [5, 5.41) is 11.6. The van der Waals surface area contributed by atoms with Crippen LogP contribution < -0.4 is 19.6 Å². The second kappa shape index (κ2) is 10.8. The van der Waals surface area contributed by atoms with Gasteiger partial charge in [-0.2, -0.15) is 0 Å². The summed E-state index contributed by atoms with van der Waals surface area (Å²) in [5.74, 6) is 0.649. The summed E-state index contributed by atoms with van der Waals surface area (Å²) in [6.45, 7) is 4.05. The molecule has 0 N–H and O–H groups in total. The highest BCUT2D eigenvalue weighted by Crippen LogP contribution is 2.41. The van der Waals surface area contributed by atoms with Gasteiger partial charge in [-0.3, -0.25) is 19.5 Å². The number of allylic oxidation sites excluding steroid dienone is 1. The molecule has 10 heteroatoms. The van der Waals surface area contributed by atoms with Crippen LogP contribution >= 0.6 is 43.2 Å². The number of aromatic nitrogens is 1. The lowest BCUT2D eigenvalue weighted by molar-refractivity contribution is -0.384. The van der Waals surface area contributed by atoms with Gasteiger partial charge in [0, 0.05) is 17.7 Å². The maximum absolute atomic E-state index is 14.0. The SMILES string of the molecule is C=CCOc1c(Br)cc(/C=c2\sc3n(c2=O)[C@@H](c2cccc([N+](=O)[O-])c2)C2=C(N=3)c3ccccc3CC2)cc1Br. The van der Waals surface area contributed by atoms with E-state index in [0.29, 0.717) is 33.7 Å². The van der Waals surface area contributed by atoms with Crippen molar-refractivity contribution in [3.05, 3.63) is 140 Å². The fraction of sp³-hybridized carbons (Fsp3) is 0.133. The Morgan fingerprint density at radius 2 is 1.90 bits per heavy atom. The molecule has 2 heterocycles. The van der Waals surface area contributed by atoms with E-state index >= 15 is 0 Å². The Kier molecular flexibility index (Phi) is 7.16. The fourth-order valence-corrected chi connectivity index (χ4v) is 7.68. The Balaban J connectivity index is 1.56. The number of thiazole rings is 1. The van der Waals surface area contributed by atoms with Crippen LogP contribution in [0.4, 0.5) is 5.69 Å². The zero-order chi connectivity index (χ0) is 28.0. The highest BCUT2D eigenvalue weighted by molar-refractivity contribution is 9.11. The third kappa shape index (κ3) is 4.70. The Hall–Kier alpha value is -3.60. The van der Waals surface area contributed by atoms with E-state index in [2.05, 4.69) is 50.6 Å². The highest BCUT2D eigenvalue weighted by Gasteiger charge is 2.33. The zero-order valence-electron chi connectivity index (χ0n) is 21.0. The largest absolute Gasteiger partial charge is 0.487 e. The number of ether oxygens (including phenoxy) is 1. The molecular formula is C30H21Br2N3O4S. The van der Waals surface area contributed by atoms with Gasteiger partial charge in [-0.1, -0.05) is 60.4 Å². The van der Waals surface area contributed by atoms with Gasteiger partial charge in [0.15, 0.2) is 4.80 Å². The lowest BCUT2D eigenvalue weighted by Gasteiger charge is -2.30. The second-order valence-corrected chi connectivity index (χ2v) is 12.1. The molecule has 2 aliphatic rings. The molecule has 0 bridgehead atoms. The lowest BCUT2D eigenvalue weighted by Crippen LogP contribution is -2.38. The summed E-state index contributed by atoms with van der Waals surface area (Å²) in [7, 11) is 0. The minimum atomic E-state index is -0.491. The standard InChI is InChI=1S/C30H21Br2N3O4S/c1-2-12-39-28-23(31)13-17(14-24(28)32)15-25-29(36)34-27(19-7-5-8-20(16-19)35(37)38)22-11-10-18-6-3-4-9-21(18)26(22)33-30(34)40-25/h2-9,13-16,27H,1,10-12H2/b25-15-/t27-/m0/s1. The van der Waals surface area contributed by atoms with Crippen LogP contribution in [-0.4, -0.2) is 16.1 Å². The molecule has 0 saturated carbocycles. The summed E-state index contributed by atoms with van der Waals surface area (Å²) in [6.07, 6.45) is 5.02. The molecule has 1 aliphatic heterocycles. The molecule has 200 valence electrons. The van der Waals surface area contributed by atoms with Crippen molar-refractivity contribution in [3.63, 3.8) is 0 Å². The number of aryl methyl sites for hydroxylation is 1. The fourth-order valence-electron chi connectivity index (χ4n) is 5.23. The van der Waals surface area contributed by atoms with E-state index in [0.717, 1.165) is 37.8 Å². The summed E-state index contributed by atoms with van der Waals surface area (Å²) in [5.41, 5.74) is 5.38. The summed E-state index contributed by atoms with van der Waals surface area (Å²) < 4.78 is 9.41. The quantitative estimate of drug-likeness (QED) is 0.136. The Bertz CT molecular complexity index is 1900. The Labute approximate surface area is 249 Å². The van der Waals surface area contributed by atoms with Crippen LogP contribution in [-0.2, 0) is 6.42 Å². The minimum absolute atomic E-state index is 0.0107. The number of non-ortho nitro benzene ring substituents is 1. The van der Waals surface area contributed by atoms with Crippen molar-refractivity contribution in [2.75, 3.05) is 6.61 Å². The summed E-state index contributed by atoms with van der Waals surface area (Å²) >= 11 is 8.44. The van der Waals surface area contributed by atoms with E-state index in [4.69, 9.17) is 9.73 Å². The maximum Gasteiger partial charge on any atom is 0.271 e. The van der Waals surface area contributed by atoms with E-state index < -0.39 is 11.0 Å². The van der Waals surface area contributed by atoms with Gasteiger partial charge in [-0.15, -0.1) is 0 Å². The molecule has 4 aromatic rings. The van der Waals surface area contributed by atoms with Gasteiger partial charge in [0.05, 0.1) is 30.1 Å². The first-order valence-corrected chi connectivity index (χ1v) is 14.9. The van der Waals surface area contributed by atoms with Crippen LogP contribution in [0.25, 0.3) is 11.8 Å². The number of hydrogen-bond acceptors (Lipinski definition) is 6. The Morgan fingerprint density at radius 3 is 2.65 bits per heavy atom. The summed E-state index contributed by atoms with van der Waals surface area (Å²) in [6, 6.07) is 18.0. The number of hydrogen-bond donors (Lipinski definition) is 0. The topological polar surface area (TPSA) is 86.7 Å². The first-order valence-electron chi connectivity index (χ1n) is 12.5. The first-order chi connectivity index (χ1) is 19.4. The van der Waals surface area contributed by atoms with Crippen LogP contribution in [0.2, 0.25) is 0 Å². The van der Waals surface area contributed by atoms with Crippen LogP contribution in [0, 0.1) is 10.1 Å². The number of fused-ring (bicyclic) bond motifs is 3. The monoisotopic (exact) mass is 677 g/mol. The molecule has 0 fully saturated rings. The molecule has 7 nitrogen and oxygen atoms in total. The molecule has 1 atom stereocenters. The van der Waals surface area contributed by atoms with Crippen molar-refractivity contribution < 1.29 is 9.66 Å². The average molecular weight is 679 g/mol. The predicted molar refractivity (Wildman–Crippen MR) is 163 cm³/mol. The molecule has 0 amide bonds. The van der Waals surface area contributed by atoms with Gasteiger partial charge in [0.2, 0.25) is 0 Å². The Morgan fingerprint density at radius 1 is 1.12 bits per heavy atom. The van der Waals surface area contributed by atoms with E-state index in [1.165, 1.54) is 23.0 Å². The van der Waals surface area contributed by atoms with Crippen molar-refractivity contribution in [3.8, 4) is 5.75 Å². The minimum Gasteiger partial charge on any atom is -0.487 e. The molecule has 0 radical (unpaired) electrons. The summed E-state index contributed by atoms with van der Waals surface area (Å²) in [4.78, 5) is 30.8. The smallest absolute Gasteiger partial charge is 0.271 e. The van der Waals surface area contributed by atoms with Gasteiger partial charge in [-0.25, -0.2) is 4.99 Å². The number of benzene rings is 3. The lowest BCUT2D eigenvalue weighted by atomic mass is 9.83. The number of halogens is 2. The van der Waals surface area contributed by atoms with E-state index in [1.807, 2.05) is 36.4 Å². The molecule has 40 heavy (non-hydrogen) atoms. The molecule has 0 unspecified atom stereocenters. The molecule has 6 rings (SSSR count). The van der Waals surface area contributed by atoms with Crippen molar-refractivity contribution in [1.29, 1.82) is 0 Å². The van der Waals surface area contributed by atoms with E-state index in [1.54, 1.807) is 22.8 Å². The van der Waals surface area contributed by atoms with Gasteiger partial charge in [-0.05, 0) is 85.2 Å². The third-order valence-electron chi connectivity index (χ3n) is 6.93. The van der Waals surface area contributed by atoms with Crippen LogP contribution in [0.15, 0.2) is 97.6 Å². The molecule has 0 spiro atoms. The molecule has 1 aliphatic carbocycles. The predicted octanol–water partition coefficient (Wildman–Crippen LogP) is 6.32. The molecule has 3 aromatic carbocycles. The van der Waals surface area contributed by atoms with Crippen molar-refractivity contribution in [2.45, 2.75) is 18.9 Å². The average Bonchev–Trinajstić information content (AvgIpc) is 3.25. The maximum atomic E-state index is 14.0.